The molecule has 2 heterocycles. The molecule has 28 heavy (non-hydrogen) atoms. The molecule has 2 aromatic heterocycles. The van der Waals surface area contributed by atoms with Crippen molar-refractivity contribution in [3.05, 3.63) is 75.3 Å². The Labute approximate surface area is 164 Å². The Morgan fingerprint density at radius 2 is 1.93 bits per heavy atom. The second-order valence-corrected chi connectivity index (χ2v) is 7.19. The average molecular weight is 392 g/mol. The first kappa shape index (κ1) is 17.9. The van der Waals surface area contributed by atoms with Crippen molar-refractivity contribution < 1.29 is 9.53 Å². The lowest BCUT2D eigenvalue weighted by molar-refractivity contribution is -0.114. The molecule has 4 rings (SSSR count). The number of ketones is 1. The molecular weight excluding hydrogens is 376 g/mol. The highest BCUT2D eigenvalue weighted by molar-refractivity contribution is 7.19. The van der Waals surface area contributed by atoms with E-state index in [2.05, 4.69) is 10.1 Å². The van der Waals surface area contributed by atoms with E-state index in [1.54, 1.807) is 18.2 Å². The molecule has 1 aliphatic rings. The number of fused-ring (bicyclic) bond motifs is 1. The van der Waals surface area contributed by atoms with Crippen molar-refractivity contribution in [1.29, 1.82) is 0 Å². The van der Waals surface area contributed by atoms with E-state index in [9.17, 15) is 9.59 Å². The minimum atomic E-state index is -0.457. The molecule has 0 bridgehead atoms. The molecule has 0 spiro atoms. The van der Waals surface area contributed by atoms with Crippen molar-refractivity contribution in [2.75, 3.05) is 12.8 Å². The zero-order valence-corrected chi connectivity index (χ0v) is 16.0. The fourth-order valence-electron chi connectivity index (χ4n) is 2.77. The lowest BCUT2D eigenvalue weighted by Crippen LogP contribution is -2.17. The summed E-state index contributed by atoms with van der Waals surface area (Å²) in [6.45, 7) is 2.01. The van der Waals surface area contributed by atoms with E-state index >= 15 is 0 Å². The van der Waals surface area contributed by atoms with Crippen LogP contribution in [0.15, 0.2) is 58.6 Å². The number of nitrogens with zero attached hydrogens (tertiary/aromatic N) is 3. The lowest BCUT2D eigenvalue weighted by Gasteiger charge is -2.08. The highest BCUT2D eigenvalue weighted by Gasteiger charge is 2.16. The summed E-state index contributed by atoms with van der Waals surface area (Å²) in [4.78, 5) is 28.7. The third-order valence-electron chi connectivity index (χ3n) is 4.29. The van der Waals surface area contributed by atoms with Crippen LogP contribution in [0, 0.1) is 6.92 Å². The first-order valence-electron chi connectivity index (χ1n) is 8.42. The maximum absolute atomic E-state index is 12.5. The van der Waals surface area contributed by atoms with Gasteiger partial charge in [0.15, 0.2) is 5.76 Å². The zero-order valence-electron chi connectivity index (χ0n) is 15.2. The Bertz CT molecular complexity index is 1250. The molecule has 3 aromatic rings. The van der Waals surface area contributed by atoms with Crippen molar-refractivity contribution in [2.45, 2.75) is 6.92 Å². The molecule has 7 nitrogen and oxygen atoms in total. The number of hydrogen-bond acceptors (Lipinski definition) is 7. The average Bonchev–Trinajstić information content (AvgIpc) is 3.11. The summed E-state index contributed by atoms with van der Waals surface area (Å²) in [5, 5.41) is 5.23. The van der Waals surface area contributed by atoms with Crippen LogP contribution < -0.4 is 11.3 Å². The number of allylic oxidation sites excluding steroid dienone is 4. The van der Waals surface area contributed by atoms with Crippen molar-refractivity contribution >= 4 is 34.0 Å². The van der Waals surface area contributed by atoms with E-state index in [1.807, 2.05) is 31.2 Å². The number of aryl methyl sites for hydroxylation is 1. The summed E-state index contributed by atoms with van der Waals surface area (Å²) in [5.41, 5.74) is 8.66. The Morgan fingerprint density at radius 1 is 1.18 bits per heavy atom. The van der Waals surface area contributed by atoms with E-state index in [1.165, 1.54) is 29.0 Å². The number of carbonyl (C=O) groups excluding carboxylic acids is 1. The smallest absolute Gasteiger partial charge is 0.283 e. The standard InChI is InChI=1S/C20H16N4O3S/c1-11-3-6-13(7-4-11)19-23-24-17(21)14(18(26)22-20(24)28-19)9-12-5-8-15(25)16(10-12)27-2/h3-10H,21H2,1-2H3/b12-9-. The van der Waals surface area contributed by atoms with Crippen molar-refractivity contribution in [2.24, 2.45) is 0 Å². The number of aromatic nitrogens is 3. The summed E-state index contributed by atoms with van der Waals surface area (Å²) >= 11 is 1.29. The molecule has 0 amide bonds. The van der Waals surface area contributed by atoms with Crippen LogP contribution in [0.2, 0.25) is 0 Å². The Balaban J connectivity index is 1.83. The first-order valence-corrected chi connectivity index (χ1v) is 9.24. The molecule has 2 N–H and O–H groups in total. The fraction of sp³-hybridized carbons (Fsp3) is 0.100. The molecular formula is C20H16N4O3S. The Morgan fingerprint density at radius 3 is 2.64 bits per heavy atom. The third kappa shape index (κ3) is 3.14. The van der Waals surface area contributed by atoms with Gasteiger partial charge >= 0.3 is 0 Å². The summed E-state index contributed by atoms with van der Waals surface area (Å²) in [6.07, 6.45) is 6.10. The minimum Gasteiger partial charge on any atom is -0.493 e. The number of rotatable bonds is 3. The lowest BCUT2D eigenvalue weighted by atomic mass is 10.0. The number of ether oxygens (including phenoxy) is 1. The van der Waals surface area contributed by atoms with E-state index in [0.29, 0.717) is 15.5 Å². The van der Waals surface area contributed by atoms with E-state index < -0.39 is 5.56 Å². The van der Waals surface area contributed by atoms with Gasteiger partial charge in [0.1, 0.15) is 10.8 Å². The second-order valence-electron chi connectivity index (χ2n) is 6.24. The minimum absolute atomic E-state index is 0.190. The van der Waals surface area contributed by atoms with Crippen molar-refractivity contribution in [3.63, 3.8) is 0 Å². The number of anilines is 1. The molecule has 0 saturated carbocycles. The molecule has 1 aromatic carbocycles. The van der Waals surface area contributed by atoms with Crippen LogP contribution in [0.1, 0.15) is 11.1 Å². The highest BCUT2D eigenvalue weighted by Crippen LogP contribution is 2.27. The van der Waals surface area contributed by atoms with Gasteiger partial charge in [-0.15, -0.1) is 0 Å². The predicted octanol–water partition coefficient (Wildman–Crippen LogP) is 2.76. The molecule has 0 atom stereocenters. The zero-order chi connectivity index (χ0) is 19.8. The topological polar surface area (TPSA) is 99.6 Å². The molecule has 140 valence electrons. The van der Waals surface area contributed by atoms with Crippen LogP contribution in [0.25, 0.3) is 21.6 Å². The molecule has 1 aliphatic carbocycles. The molecule has 0 radical (unpaired) electrons. The number of nitrogen functional groups attached to an aromatic ring is 1. The van der Waals surface area contributed by atoms with Gasteiger partial charge in [-0.25, -0.2) is 0 Å². The Hall–Kier alpha value is -3.52. The van der Waals surface area contributed by atoms with E-state index in [0.717, 1.165) is 11.1 Å². The van der Waals surface area contributed by atoms with Gasteiger partial charge in [0.25, 0.3) is 5.56 Å². The molecule has 0 saturated heterocycles. The number of methoxy groups -OCH3 is 1. The summed E-state index contributed by atoms with van der Waals surface area (Å²) in [5.74, 6) is 0.145. The van der Waals surface area contributed by atoms with E-state index in [-0.39, 0.29) is 22.9 Å². The summed E-state index contributed by atoms with van der Waals surface area (Å²) < 4.78 is 6.51. The van der Waals surface area contributed by atoms with Crippen LogP contribution in [-0.2, 0) is 9.53 Å². The van der Waals surface area contributed by atoms with Gasteiger partial charge in [0.2, 0.25) is 10.7 Å². The van der Waals surface area contributed by atoms with Gasteiger partial charge in [-0.05, 0) is 30.7 Å². The number of carbonyl (C=O) groups is 1. The maximum atomic E-state index is 12.5. The van der Waals surface area contributed by atoms with Crippen LogP contribution in [0.4, 0.5) is 5.82 Å². The predicted molar refractivity (Wildman–Crippen MR) is 109 cm³/mol. The van der Waals surface area contributed by atoms with Crippen molar-refractivity contribution in [1.82, 2.24) is 14.6 Å². The number of hydrogen-bond donors (Lipinski definition) is 1. The van der Waals surface area contributed by atoms with Crippen LogP contribution in [0.3, 0.4) is 0 Å². The summed E-state index contributed by atoms with van der Waals surface area (Å²) in [6, 6.07) is 7.92. The van der Waals surface area contributed by atoms with Gasteiger partial charge in [-0.1, -0.05) is 47.2 Å². The quantitative estimate of drug-likeness (QED) is 0.736. The fourth-order valence-corrected chi connectivity index (χ4v) is 3.67. The normalized spacial score (nSPS) is 15.3. The summed E-state index contributed by atoms with van der Waals surface area (Å²) in [7, 11) is 1.42. The SMILES string of the molecule is COC1=C/C(=C\c2c(N)n3nc(-c4ccc(C)cc4)sc3nc2=O)C=CC1=O. The first-order chi connectivity index (χ1) is 13.5. The maximum Gasteiger partial charge on any atom is 0.283 e. The monoisotopic (exact) mass is 392 g/mol. The number of nitrogens with two attached hydrogens (primary N) is 1. The van der Waals surface area contributed by atoms with Crippen molar-refractivity contribution in [3.8, 4) is 10.6 Å². The van der Waals surface area contributed by atoms with Crippen LogP contribution >= 0.6 is 11.3 Å². The van der Waals surface area contributed by atoms with Gasteiger partial charge < -0.3 is 10.5 Å². The van der Waals surface area contributed by atoms with E-state index in [4.69, 9.17) is 10.5 Å². The molecule has 8 heteroatoms. The second kappa shape index (κ2) is 6.90. The van der Waals surface area contributed by atoms with Gasteiger partial charge in [-0.2, -0.15) is 14.6 Å². The van der Waals surface area contributed by atoms with Crippen LogP contribution in [-0.4, -0.2) is 27.5 Å². The largest absolute Gasteiger partial charge is 0.493 e. The van der Waals surface area contributed by atoms with Gasteiger partial charge in [0.05, 0.1) is 12.7 Å². The van der Waals surface area contributed by atoms with Gasteiger partial charge in [-0.3, -0.25) is 9.59 Å². The Kier molecular flexibility index (Phi) is 4.40. The molecule has 0 aliphatic heterocycles. The van der Waals surface area contributed by atoms with Gasteiger partial charge in [0, 0.05) is 5.56 Å². The molecule has 0 unspecified atom stereocenters. The molecule has 0 fully saturated rings. The highest BCUT2D eigenvalue weighted by atomic mass is 32.1. The van der Waals surface area contributed by atoms with Crippen LogP contribution in [0.5, 0.6) is 0 Å². The third-order valence-corrected chi connectivity index (χ3v) is 5.25. The number of benzene rings is 1.